The summed E-state index contributed by atoms with van der Waals surface area (Å²) < 4.78 is 12.6. The first-order valence-electron chi connectivity index (χ1n) is 12.6. The number of anilines is 1. The van der Waals surface area contributed by atoms with Crippen molar-refractivity contribution in [1.29, 1.82) is 0 Å². The zero-order valence-electron chi connectivity index (χ0n) is 21.8. The summed E-state index contributed by atoms with van der Waals surface area (Å²) in [5, 5.41) is 7.93. The number of nitrogens with zero attached hydrogens (tertiary/aromatic N) is 4. The molecule has 8 heteroatoms. The van der Waals surface area contributed by atoms with Gasteiger partial charge in [-0.2, -0.15) is 5.10 Å². The second-order valence-electron chi connectivity index (χ2n) is 9.61. The summed E-state index contributed by atoms with van der Waals surface area (Å²) in [5.41, 5.74) is 6.32. The average Bonchev–Trinajstić information content (AvgIpc) is 3.35. The zero-order chi connectivity index (χ0) is 25.9. The quantitative estimate of drug-likeness (QED) is 0.401. The van der Waals surface area contributed by atoms with Gasteiger partial charge in [0.25, 0.3) is 0 Å². The molecule has 8 nitrogen and oxygen atoms in total. The number of carbonyl (C=O) groups is 1. The molecule has 37 heavy (non-hydrogen) atoms. The lowest BCUT2D eigenvalue weighted by Gasteiger charge is -2.33. The Labute approximate surface area is 217 Å². The summed E-state index contributed by atoms with van der Waals surface area (Å²) >= 11 is 0. The van der Waals surface area contributed by atoms with Crippen LogP contribution in [-0.4, -0.2) is 47.8 Å². The molecule has 1 amide bonds. The number of aryl methyl sites for hydroxylation is 2. The molecule has 1 N–H and O–H groups in total. The van der Waals surface area contributed by atoms with Crippen LogP contribution < -0.4 is 19.7 Å². The fourth-order valence-corrected chi connectivity index (χ4v) is 5.09. The van der Waals surface area contributed by atoms with E-state index in [0.717, 1.165) is 53.3 Å². The number of fused-ring (bicyclic) bond motifs is 1. The minimum Gasteiger partial charge on any atom is -0.497 e. The number of piperidine rings is 1. The van der Waals surface area contributed by atoms with Crippen LogP contribution in [0, 0.1) is 19.8 Å². The first-order valence-corrected chi connectivity index (χ1v) is 12.6. The number of methoxy groups -OCH3 is 2. The number of amides is 1. The fraction of sp³-hybridized carbons (Fsp3) is 0.345. The Kier molecular flexibility index (Phi) is 6.99. The normalized spacial score (nSPS) is 15.6. The minimum atomic E-state index is -0.123. The van der Waals surface area contributed by atoms with Gasteiger partial charge in [-0.05, 0) is 50.5 Å². The van der Waals surface area contributed by atoms with Crippen LogP contribution in [0.25, 0.3) is 16.8 Å². The molecule has 1 atom stereocenters. The van der Waals surface area contributed by atoms with Gasteiger partial charge < -0.3 is 19.7 Å². The summed E-state index contributed by atoms with van der Waals surface area (Å²) in [4.78, 5) is 20.1. The summed E-state index contributed by atoms with van der Waals surface area (Å²) in [6.45, 7) is 6.08. The topological polar surface area (TPSA) is 81.0 Å². The maximum atomic E-state index is 13.1. The average molecular weight is 500 g/mol. The van der Waals surface area contributed by atoms with Crippen LogP contribution in [0.5, 0.6) is 11.5 Å². The van der Waals surface area contributed by atoms with E-state index in [1.54, 1.807) is 20.4 Å². The number of ether oxygens (including phenoxy) is 2. The van der Waals surface area contributed by atoms with Crippen molar-refractivity contribution >= 4 is 17.2 Å². The molecule has 1 aliphatic rings. The van der Waals surface area contributed by atoms with Crippen LogP contribution in [0.15, 0.2) is 54.9 Å². The van der Waals surface area contributed by atoms with Gasteiger partial charge in [0.1, 0.15) is 17.0 Å². The number of aromatic nitrogens is 3. The highest BCUT2D eigenvalue weighted by atomic mass is 16.5. The smallest absolute Gasteiger partial charge is 0.225 e. The van der Waals surface area contributed by atoms with E-state index < -0.39 is 0 Å². The maximum Gasteiger partial charge on any atom is 0.225 e. The van der Waals surface area contributed by atoms with Gasteiger partial charge in [0.2, 0.25) is 5.91 Å². The van der Waals surface area contributed by atoms with Gasteiger partial charge in [-0.15, -0.1) is 0 Å². The largest absolute Gasteiger partial charge is 0.497 e. The lowest BCUT2D eigenvalue weighted by molar-refractivity contribution is -0.125. The van der Waals surface area contributed by atoms with Crippen LogP contribution in [0.2, 0.25) is 0 Å². The predicted molar refractivity (Wildman–Crippen MR) is 144 cm³/mol. The van der Waals surface area contributed by atoms with Crippen molar-refractivity contribution < 1.29 is 14.3 Å². The van der Waals surface area contributed by atoms with E-state index in [9.17, 15) is 4.79 Å². The number of carbonyl (C=O) groups excluding carboxylic acids is 1. The summed E-state index contributed by atoms with van der Waals surface area (Å²) in [7, 11) is 3.24. The lowest BCUT2D eigenvalue weighted by Crippen LogP contribution is -2.43. The third-order valence-corrected chi connectivity index (χ3v) is 7.07. The highest BCUT2D eigenvalue weighted by Gasteiger charge is 2.28. The van der Waals surface area contributed by atoms with Gasteiger partial charge in [0.15, 0.2) is 5.82 Å². The van der Waals surface area contributed by atoms with E-state index in [1.807, 2.05) is 28.9 Å². The molecule has 1 saturated heterocycles. The van der Waals surface area contributed by atoms with Crippen molar-refractivity contribution in [3.05, 3.63) is 71.5 Å². The van der Waals surface area contributed by atoms with E-state index in [1.165, 1.54) is 11.1 Å². The van der Waals surface area contributed by atoms with Crippen molar-refractivity contribution in [2.45, 2.75) is 33.2 Å². The zero-order valence-corrected chi connectivity index (χ0v) is 21.8. The number of hydrogen-bond acceptors (Lipinski definition) is 6. The van der Waals surface area contributed by atoms with Gasteiger partial charge in [-0.25, -0.2) is 9.50 Å². The third-order valence-electron chi connectivity index (χ3n) is 7.07. The van der Waals surface area contributed by atoms with Crippen molar-refractivity contribution in [2.75, 3.05) is 32.2 Å². The SMILES string of the molecule is COc1ccc(CNC(=O)C2CCCN(c3nccn4nc(-c5ccc(C)cc5C)cc34)C2)c(OC)c1. The Morgan fingerprint density at radius 1 is 1.11 bits per heavy atom. The highest BCUT2D eigenvalue weighted by Crippen LogP contribution is 2.30. The van der Waals surface area contributed by atoms with Gasteiger partial charge in [-0.1, -0.05) is 23.8 Å². The van der Waals surface area contributed by atoms with Crippen molar-refractivity contribution in [3.8, 4) is 22.8 Å². The molecular formula is C29H33N5O3. The van der Waals surface area contributed by atoms with E-state index in [-0.39, 0.29) is 11.8 Å². The number of rotatable bonds is 7. The van der Waals surface area contributed by atoms with Gasteiger partial charge in [-0.3, -0.25) is 4.79 Å². The Balaban J connectivity index is 1.32. The van der Waals surface area contributed by atoms with Crippen LogP contribution in [0.4, 0.5) is 5.82 Å². The van der Waals surface area contributed by atoms with Gasteiger partial charge in [0, 0.05) is 49.2 Å². The number of hydrogen-bond donors (Lipinski definition) is 1. The van der Waals surface area contributed by atoms with Gasteiger partial charge in [0.05, 0.1) is 25.8 Å². The molecule has 0 aliphatic carbocycles. The first-order chi connectivity index (χ1) is 18.0. The van der Waals surface area contributed by atoms with Gasteiger partial charge >= 0.3 is 0 Å². The Morgan fingerprint density at radius 3 is 2.76 bits per heavy atom. The molecule has 0 radical (unpaired) electrons. The third kappa shape index (κ3) is 5.09. The molecule has 5 rings (SSSR count). The van der Waals surface area contributed by atoms with Crippen LogP contribution in [0.3, 0.4) is 0 Å². The van der Waals surface area contributed by atoms with E-state index in [4.69, 9.17) is 19.6 Å². The molecule has 0 spiro atoms. The van der Waals surface area contributed by atoms with Crippen LogP contribution >= 0.6 is 0 Å². The van der Waals surface area contributed by atoms with Crippen molar-refractivity contribution in [1.82, 2.24) is 19.9 Å². The molecular weight excluding hydrogens is 466 g/mol. The molecule has 1 unspecified atom stereocenters. The number of nitrogens with one attached hydrogen (secondary N) is 1. The van der Waals surface area contributed by atoms with Crippen LogP contribution in [-0.2, 0) is 11.3 Å². The summed E-state index contributed by atoms with van der Waals surface area (Å²) in [6, 6.07) is 14.1. The summed E-state index contributed by atoms with van der Waals surface area (Å²) in [5.74, 6) is 2.19. The summed E-state index contributed by atoms with van der Waals surface area (Å²) in [6.07, 6.45) is 5.42. The molecule has 4 aromatic rings. The highest BCUT2D eigenvalue weighted by molar-refractivity contribution is 5.81. The lowest BCUT2D eigenvalue weighted by atomic mass is 9.97. The molecule has 3 heterocycles. The molecule has 0 saturated carbocycles. The van der Waals surface area contributed by atoms with Crippen LogP contribution in [0.1, 0.15) is 29.5 Å². The Bertz CT molecular complexity index is 1430. The second kappa shape index (κ2) is 10.5. The maximum absolute atomic E-state index is 13.1. The van der Waals surface area contributed by atoms with Crippen molar-refractivity contribution in [3.63, 3.8) is 0 Å². The van der Waals surface area contributed by atoms with E-state index in [2.05, 4.69) is 48.3 Å². The number of benzene rings is 2. The van der Waals surface area contributed by atoms with E-state index in [0.29, 0.717) is 18.8 Å². The standard InChI is InChI=1S/C29H33N5O3/c1-19-7-10-24(20(2)14-19)25-16-26-28(30-11-13-34(26)32-25)33-12-5-6-22(18-33)29(35)31-17-21-8-9-23(36-3)15-27(21)37-4/h7-11,13-16,22H,5-6,12,17-18H2,1-4H3,(H,31,35). The monoisotopic (exact) mass is 499 g/mol. The van der Waals surface area contributed by atoms with Crippen molar-refractivity contribution in [2.24, 2.45) is 5.92 Å². The molecule has 0 bridgehead atoms. The molecule has 2 aromatic carbocycles. The Morgan fingerprint density at radius 2 is 1.97 bits per heavy atom. The Hall–Kier alpha value is -4.07. The fourth-order valence-electron chi connectivity index (χ4n) is 5.09. The molecule has 192 valence electrons. The molecule has 2 aromatic heterocycles. The first kappa shape index (κ1) is 24.6. The van der Waals surface area contributed by atoms with E-state index >= 15 is 0 Å². The molecule has 1 aliphatic heterocycles. The molecule has 1 fully saturated rings. The predicted octanol–water partition coefficient (Wildman–Crippen LogP) is 4.56. The minimum absolute atomic E-state index is 0.0407. The second-order valence-corrected chi connectivity index (χ2v) is 9.61.